The van der Waals surface area contributed by atoms with E-state index in [1.165, 1.54) is 31.2 Å². The predicted molar refractivity (Wildman–Crippen MR) is 373 cm³/mol. The van der Waals surface area contributed by atoms with Crippen molar-refractivity contribution in [1.82, 2.24) is 79.4 Å². The molecule has 0 spiro atoms. The highest BCUT2D eigenvalue weighted by atomic mass is 33.1. The van der Waals surface area contributed by atoms with Crippen molar-refractivity contribution in [3.05, 3.63) is 102 Å². The maximum absolute atomic E-state index is 15.2. The summed E-state index contributed by atoms with van der Waals surface area (Å²) in [7, 11) is 1.74. The Morgan fingerprint density at radius 1 is 0.687 bits per heavy atom. The van der Waals surface area contributed by atoms with E-state index >= 15 is 9.59 Å². The van der Waals surface area contributed by atoms with Crippen molar-refractivity contribution in [2.75, 3.05) is 70.5 Å². The minimum Gasteiger partial charge on any atom is -0.508 e. The van der Waals surface area contributed by atoms with E-state index in [1.807, 2.05) is 0 Å². The number of phenols is 1. The summed E-state index contributed by atoms with van der Waals surface area (Å²) >= 11 is 0. The second kappa shape index (κ2) is 38.9. The normalized spacial score (nSPS) is 24.8. The molecular weight excluding hydrogens is 1320 g/mol. The minimum absolute atomic E-state index is 0.0306. The van der Waals surface area contributed by atoms with Crippen LogP contribution in [0.15, 0.2) is 90.1 Å². The number of aliphatic hydroxyl groups excluding tert-OH is 2. The Balaban J connectivity index is 1.21. The first-order valence-electron chi connectivity index (χ1n) is 33.0. The lowest BCUT2D eigenvalue weighted by Gasteiger charge is -2.35. The molecule has 23 N–H and O–H groups in total. The number of carboxylic acids is 1. The van der Waals surface area contributed by atoms with Crippen LogP contribution in [0.25, 0.3) is 10.9 Å². The van der Waals surface area contributed by atoms with Gasteiger partial charge >= 0.3 is 5.97 Å². The summed E-state index contributed by atoms with van der Waals surface area (Å²) in [5.41, 5.74) is 12.8. The lowest BCUT2D eigenvalue weighted by Crippen LogP contribution is -2.70. The largest absolute Gasteiger partial charge is 0.508 e. The molecule has 3 aromatic carbocycles. The van der Waals surface area contributed by atoms with Crippen molar-refractivity contribution in [2.45, 2.75) is 144 Å². The van der Waals surface area contributed by atoms with E-state index in [0.29, 0.717) is 73.3 Å². The first-order chi connectivity index (χ1) is 47.4. The molecule has 12 atom stereocenters. The van der Waals surface area contributed by atoms with Gasteiger partial charge in [0.15, 0.2) is 6.04 Å². The molecule has 34 heteroatoms. The first kappa shape index (κ1) is 78.1. The zero-order chi connectivity index (χ0) is 71.5. The van der Waals surface area contributed by atoms with Gasteiger partial charge < -0.3 is 101 Å². The number of aliphatic carboxylic acids is 1. The maximum atomic E-state index is 15.2. The fourth-order valence-electron chi connectivity index (χ4n) is 11.2. The van der Waals surface area contributed by atoms with Gasteiger partial charge in [-0.25, -0.2) is 4.79 Å². The molecule has 0 aliphatic carbocycles. The lowest BCUT2D eigenvalue weighted by molar-refractivity contribution is -0.145. The molecule has 3 aliphatic rings. The van der Waals surface area contributed by atoms with E-state index in [0.717, 1.165) is 28.5 Å². The summed E-state index contributed by atoms with van der Waals surface area (Å²) in [6.07, 6.45) is -0.298. The summed E-state index contributed by atoms with van der Waals surface area (Å²) in [6.45, 7) is 5.92. The minimum atomic E-state index is -1.88. The number of para-hydroxylation sites is 1. The predicted octanol–water partition coefficient (Wildman–Crippen LogP) is -4.21. The zero-order valence-electron chi connectivity index (χ0n) is 55.4. The molecule has 12 unspecified atom stereocenters. The van der Waals surface area contributed by atoms with Gasteiger partial charge in [-0.05, 0) is 81.0 Å². The smallest absolute Gasteiger partial charge is 0.328 e. The van der Waals surface area contributed by atoms with E-state index in [2.05, 4.69) is 84.4 Å². The quantitative estimate of drug-likeness (QED) is 0.0247. The number of fused-ring (bicyclic) bond motifs is 5. The van der Waals surface area contributed by atoms with Gasteiger partial charge in [0.05, 0.1) is 24.4 Å². The summed E-state index contributed by atoms with van der Waals surface area (Å²) < 4.78 is 0. The summed E-state index contributed by atoms with van der Waals surface area (Å²) in [6, 6.07) is 8.72. The average molecular weight is 1420 g/mol. The summed E-state index contributed by atoms with van der Waals surface area (Å²) in [5.74, 6) is -10.4. The molecule has 2 bridgehead atoms. The van der Waals surface area contributed by atoms with Crippen molar-refractivity contribution in [3.63, 3.8) is 0 Å². The number of nitrogens with two attached hydrogens (primary N) is 2. The Labute approximate surface area is 581 Å². The van der Waals surface area contributed by atoms with Crippen molar-refractivity contribution in [3.8, 4) is 5.75 Å². The lowest BCUT2D eigenvalue weighted by atomic mass is 10.0. The fraction of sp³-hybridized carbons (Fsp3) is 0.523. The zero-order valence-corrected chi connectivity index (χ0v) is 57.0. The number of carboxylic acid groups (broad SMARTS) is 1. The number of carbonyl (C=O) groups is 10. The van der Waals surface area contributed by atoms with Crippen molar-refractivity contribution in [2.24, 2.45) is 16.5 Å². The number of H-pyrrole nitrogens is 1. The molecule has 32 nitrogen and oxygen atoms in total. The molecule has 4 aromatic rings. The Hall–Kier alpha value is -8.29. The Kier molecular flexibility index (Phi) is 30.7. The van der Waals surface area contributed by atoms with Gasteiger partial charge in [-0.3, -0.25) is 58.8 Å². The number of unbranched alkanes of at least 4 members (excludes halogenated alkanes) is 1. The van der Waals surface area contributed by atoms with Crippen LogP contribution < -0.4 is 85.9 Å². The van der Waals surface area contributed by atoms with Gasteiger partial charge in [-0.15, -0.1) is 0 Å². The number of aliphatic imine (C=N–C) groups is 1. The number of benzene rings is 3. The molecule has 3 aliphatic heterocycles. The van der Waals surface area contributed by atoms with Crippen LogP contribution in [0.5, 0.6) is 5.75 Å². The molecule has 0 radical (unpaired) electrons. The number of rotatable bonds is 23. The number of aliphatic hydroxyl groups is 2. The van der Waals surface area contributed by atoms with E-state index in [9.17, 15) is 58.8 Å². The first-order valence-corrected chi connectivity index (χ1v) is 35.5. The summed E-state index contributed by atoms with van der Waals surface area (Å²) in [5, 5.41) is 83.1. The number of phenolic OH excluding ortho intramolecular Hbond substituents is 1. The third kappa shape index (κ3) is 24.8. The van der Waals surface area contributed by atoms with Gasteiger partial charge in [0.25, 0.3) is 0 Å². The van der Waals surface area contributed by atoms with Gasteiger partial charge in [0.2, 0.25) is 53.2 Å². The maximum Gasteiger partial charge on any atom is 0.328 e. The number of hydrogen-bond acceptors (Lipinski definition) is 23. The number of aromatic hydroxyl groups is 1. The Morgan fingerprint density at radius 3 is 2.04 bits per heavy atom. The van der Waals surface area contributed by atoms with Crippen LogP contribution in [0.2, 0.25) is 0 Å². The van der Waals surface area contributed by atoms with Gasteiger partial charge in [-0.2, -0.15) is 0 Å². The molecule has 0 saturated carbocycles. The molecule has 1 aromatic heterocycles. The van der Waals surface area contributed by atoms with Crippen LogP contribution in [0.3, 0.4) is 0 Å². The highest BCUT2D eigenvalue weighted by Gasteiger charge is 2.39. The van der Waals surface area contributed by atoms with Crippen LogP contribution in [0, 0.1) is 0 Å². The molecule has 9 amide bonds. The molecule has 99 heavy (non-hydrogen) atoms. The number of aromatic nitrogens is 1. The van der Waals surface area contributed by atoms with E-state index in [1.54, 1.807) is 67.0 Å². The topological polar surface area (TPSA) is 500 Å². The second-order valence-electron chi connectivity index (χ2n) is 24.8. The average Bonchev–Trinajstić information content (AvgIpc) is 1.75. The van der Waals surface area contributed by atoms with Crippen LogP contribution in [-0.4, -0.2) is 233 Å². The Bertz CT molecular complexity index is 3410. The van der Waals surface area contributed by atoms with Crippen molar-refractivity contribution >= 4 is 97.8 Å². The molecule has 2 fully saturated rings. The van der Waals surface area contributed by atoms with Crippen LogP contribution >= 0.6 is 21.6 Å². The van der Waals surface area contributed by atoms with E-state index in [-0.39, 0.29) is 82.6 Å². The number of carbonyl (C=O) groups excluding carboxylic acids is 9. The second-order valence-corrected chi connectivity index (χ2v) is 27.4. The SMILES string of the molecule is CC(O)C(NC(=O)C1CSSCC(NC(=O)C(Cc2ccccc2)NC(=O)CCCC(=O)NC23C=NCCNCC(N)(CNCCNC2)NCN3)C(=O)NC(Cc2ccc(O)cc2)C(=O)NC(Cc2c[nH]c3ccccc23)C(=O)NC(CCCCN)C(=O)NC(C(C)O)C(=O)N1)C(=O)O. The number of aromatic amines is 1. The van der Waals surface area contributed by atoms with Gasteiger partial charge in [0.1, 0.15) is 53.7 Å². The summed E-state index contributed by atoms with van der Waals surface area (Å²) in [4.78, 5) is 151. The molecule has 2 saturated heterocycles. The molecule has 7 rings (SSSR count). The van der Waals surface area contributed by atoms with E-state index in [4.69, 9.17) is 11.5 Å². The third-order valence-corrected chi connectivity index (χ3v) is 19.1. The third-order valence-electron chi connectivity index (χ3n) is 16.7. The molecular formula is C65H94N18O14S2. The Morgan fingerprint density at radius 2 is 1.33 bits per heavy atom. The molecule has 540 valence electrons. The highest BCUT2D eigenvalue weighted by Crippen LogP contribution is 2.25. The van der Waals surface area contributed by atoms with Crippen LogP contribution in [0.4, 0.5) is 0 Å². The number of nitrogens with one attached hydrogen (secondary N) is 15. The monoisotopic (exact) mass is 1410 g/mol. The number of nitrogens with zero attached hydrogens (tertiary/aromatic N) is 1. The van der Waals surface area contributed by atoms with Crippen molar-refractivity contribution in [1.29, 1.82) is 0 Å². The van der Waals surface area contributed by atoms with Crippen LogP contribution in [-0.2, 0) is 67.2 Å². The number of hydrogen-bond donors (Lipinski definition) is 21. The number of amides is 9. The highest BCUT2D eigenvalue weighted by molar-refractivity contribution is 8.76. The molecule has 4 heterocycles. The fourth-order valence-corrected chi connectivity index (χ4v) is 13.5. The van der Waals surface area contributed by atoms with Crippen LogP contribution in [0.1, 0.15) is 69.1 Å². The van der Waals surface area contributed by atoms with Gasteiger partial charge in [0, 0.05) is 113 Å². The van der Waals surface area contributed by atoms with E-state index < -0.39 is 137 Å². The van der Waals surface area contributed by atoms with Crippen molar-refractivity contribution < 1.29 is 68.4 Å². The van der Waals surface area contributed by atoms with Gasteiger partial charge in [-0.1, -0.05) is 82.3 Å². The standard InChI is InChI=1S/C65H94N18O14S2/c1-38(84)54-62(95)80-51(61(94)82-55(39(2)85)63(96)97)32-99-98-31-50(79-57(90)47(27-40-11-4-3-5-12-40)75-52(87)16-10-17-53(88)83-65-35-70-25-23-68-33-64(67,73-37-74-65)34-69-24-26-71-36-65)60(93)77-48(28-41-18-20-43(86)21-19-41)58(91)78-49(29-42-30-72-45-14-7-6-13-44(42)45)59(92)76-46(56(89)81-54)15-8-9-22-66/h3-7,11-14,18-21,30,35,38-39,46-51,54-55,68-69,71-74,84-86H,8-10,15-17,22-29,31-34,36-37,66-67H2,1-2H3,(H,75,87)(H,76,92)(H,77,93)(H,78,91)(H,79,90)(H,80,95)(H,81,89)(H,82,94)(H,83,88)(H,96,97).